The fourth-order valence-corrected chi connectivity index (χ4v) is 4.45. The van der Waals surface area contributed by atoms with Crippen molar-refractivity contribution in [3.05, 3.63) is 23.8 Å². The number of aliphatic hydroxyl groups is 1. The zero-order valence-corrected chi connectivity index (χ0v) is 23.3. The second-order valence-electron chi connectivity index (χ2n) is 9.74. The summed E-state index contributed by atoms with van der Waals surface area (Å²) in [5.74, 6) is 3.28. The van der Waals surface area contributed by atoms with E-state index in [0.717, 1.165) is 56.2 Å². The monoisotopic (exact) mass is 522 g/mol. The minimum Gasteiger partial charge on any atom is -0.493 e. The molecule has 0 unspecified atom stereocenters. The van der Waals surface area contributed by atoms with Crippen LogP contribution in [0, 0.1) is 17.8 Å². The Morgan fingerprint density at radius 1 is 1.06 bits per heavy atom. The van der Waals surface area contributed by atoms with E-state index in [9.17, 15) is 5.11 Å². The lowest BCUT2D eigenvalue weighted by Gasteiger charge is -2.37. The SMILES string of the molecule is COCCCOc1cc(C[C@H](CC[C@H](O)[C@@H](N)N2CCC(C)CC2)C(C)C)ccc1OC.Cl.Cl. The smallest absolute Gasteiger partial charge is 0.161 e. The number of hydrogen-bond acceptors (Lipinski definition) is 6. The summed E-state index contributed by atoms with van der Waals surface area (Å²) in [5.41, 5.74) is 7.64. The van der Waals surface area contributed by atoms with Crippen molar-refractivity contribution >= 4 is 24.8 Å². The Morgan fingerprint density at radius 3 is 2.32 bits per heavy atom. The van der Waals surface area contributed by atoms with Crippen molar-refractivity contribution in [1.29, 1.82) is 0 Å². The van der Waals surface area contributed by atoms with E-state index in [4.69, 9.17) is 19.9 Å². The molecule has 1 saturated heterocycles. The van der Waals surface area contributed by atoms with Gasteiger partial charge < -0.3 is 25.1 Å². The molecular weight excluding hydrogens is 475 g/mol. The predicted molar refractivity (Wildman–Crippen MR) is 145 cm³/mol. The van der Waals surface area contributed by atoms with Gasteiger partial charge in [-0.3, -0.25) is 4.90 Å². The van der Waals surface area contributed by atoms with Crippen LogP contribution in [0.15, 0.2) is 18.2 Å². The summed E-state index contributed by atoms with van der Waals surface area (Å²) in [4.78, 5) is 2.26. The molecule has 6 nitrogen and oxygen atoms in total. The van der Waals surface area contributed by atoms with Crippen LogP contribution in [0.1, 0.15) is 58.4 Å². The molecule has 2 rings (SSSR count). The third kappa shape index (κ3) is 10.9. The standard InChI is InChI=1S/C26H46N2O4.2ClH/c1-19(2)22(8-9-23(29)26(27)28-13-11-20(3)12-14-28)17-21-7-10-24(31-5)25(18-21)32-16-6-15-30-4;;/h7,10,18-20,22-23,26,29H,6,8-9,11-17,27H2,1-5H3;2*1H/t22-,23-,26-;;/m0../s1. The van der Waals surface area contributed by atoms with Crippen LogP contribution in [0.25, 0.3) is 0 Å². The molecule has 0 radical (unpaired) electrons. The molecule has 0 aromatic heterocycles. The average molecular weight is 524 g/mol. The summed E-state index contributed by atoms with van der Waals surface area (Å²) in [6, 6.07) is 6.20. The van der Waals surface area contributed by atoms with Gasteiger partial charge in [-0.2, -0.15) is 0 Å². The molecule has 34 heavy (non-hydrogen) atoms. The predicted octanol–water partition coefficient (Wildman–Crippen LogP) is 4.93. The van der Waals surface area contributed by atoms with Crippen molar-refractivity contribution < 1.29 is 19.3 Å². The molecule has 0 saturated carbocycles. The Kier molecular flexibility index (Phi) is 17.2. The maximum atomic E-state index is 10.8. The molecule has 0 amide bonds. The number of ether oxygens (including phenoxy) is 3. The van der Waals surface area contributed by atoms with E-state index >= 15 is 0 Å². The van der Waals surface area contributed by atoms with Crippen molar-refractivity contribution in [1.82, 2.24) is 4.90 Å². The largest absolute Gasteiger partial charge is 0.493 e. The lowest BCUT2D eigenvalue weighted by molar-refractivity contribution is 0.0245. The summed E-state index contributed by atoms with van der Waals surface area (Å²) < 4.78 is 16.5. The van der Waals surface area contributed by atoms with Gasteiger partial charge in [-0.25, -0.2) is 0 Å². The Labute approximate surface area is 219 Å². The van der Waals surface area contributed by atoms with E-state index in [1.54, 1.807) is 14.2 Å². The summed E-state index contributed by atoms with van der Waals surface area (Å²) in [6.45, 7) is 10.1. The molecule has 3 atom stereocenters. The first-order valence-electron chi connectivity index (χ1n) is 12.3. The number of nitrogens with two attached hydrogens (primary N) is 1. The molecule has 200 valence electrons. The van der Waals surface area contributed by atoms with Crippen molar-refractivity contribution in [2.45, 2.75) is 71.6 Å². The van der Waals surface area contributed by atoms with Gasteiger partial charge in [0.15, 0.2) is 11.5 Å². The first-order chi connectivity index (χ1) is 15.3. The minimum absolute atomic E-state index is 0. The third-order valence-electron chi connectivity index (χ3n) is 6.89. The second-order valence-corrected chi connectivity index (χ2v) is 9.74. The first kappa shape index (κ1) is 33.2. The summed E-state index contributed by atoms with van der Waals surface area (Å²) in [7, 11) is 3.37. The fourth-order valence-electron chi connectivity index (χ4n) is 4.45. The lowest BCUT2D eigenvalue weighted by atomic mass is 9.84. The summed E-state index contributed by atoms with van der Waals surface area (Å²) in [6.07, 6.45) is 5.05. The topological polar surface area (TPSA) is 77.2 Å². The van der Waals surface area contributed by atoms with Gasteiger partial charge in [-0.1, -0.05) is 26.8 Å². The molecule has 1 fully saturated rings. The van der Waals surface area contributed by atoms with Crippen LogP contribution < -0.4 is 15.2 Å². The van der Waals surface area contributed by atoms with Crippen LogP contribution in [0.3, 0.4) is 0 Å². The van der Waals surface area contributed by atoms with E-state index in [1.807, 2.05) is 6.07 Å². The molecule has 0 spiro atoms. The number of rotatable bonds is 14. The molecule has 1 aromatic carbocycles. The number of hydrogen-bond donors (Lipinski definition) is 2. The van der Waals surface area contributed by atoms with E-state index in [0.29, 0.717) is 25.0 Å². The van der Waals surface area contributed by atoms with Gasteiger partial charge in [-0.05, 0) is 80.6 Å². The van der Waals surface area contributed by atoms with Crippen LogP contribution in [-0.4, -0.2) is 62.8 Å². The number of halogens is 2. The van der Waals surface area contributed by atoms with E-state index in [-0.39, 0.29) is 31.0 Å². The Bertz CT molecular complexity index is 658. The number of methoxy groups -OCH3 is 2. The van der Waals surface area contributed by atoms with Crippen molar-refractivity contribution in [3.8, 4) is 11.5 Å². The molecule has 0 bridgehead atoms. The second kappa shape index (κ2) is 17.6. The maximum absolute atomic E-state index is 10.8. The normalized spacial score (nSPS) is 17.4. The van der Waals surface area contributed by atoms with Crippen molar-refractivity contribution in [2.75, 3.05) is 40.5 Å². The van der Waals surface area contributed by atoms with Gasteiger partial charge in [0, 0.05) is 20.1 Å². The van der Waals surface area contributed by atoms with Gasteiger partial charge in [-0.15, -0.1) is 24.8 Å². The number of nitrogens with zero attached hydrogens (tertiary/aromatic N) is 1. The fraction of sp³-hybridized carbons (Fsp3) is 0.769. The number of benzene rings is 1. The van der Waals surface area contributed by atoms with Crippen molar-refractivity contribution in [2.24, 2.45) is 23.5 Å². The zero-order valence-electron chi connectivity index (χ0n) is 21.7. The van der Waals surface area contributed by atoms with Gasteiger partial charge in [0.25, 0.3) is 0 Å². The quantitative estimate of drug-likeness (QED) is 0.337. The summed E-state index contributed by atoms with van der Waals surface area (Å²) in [5, 5.41) is 10.8. The lowest BCUT2D eigenvalue weighted by Crippen LogP contribution is -2.52. The Balaban J connectivity index is 0.00000544. The minimum atomic E-state index is -0.486. The molecular formula is C26H48Cl2N2O4. The molecule has 1 heterocycles. The molecule has 1 aliphatic heterocycles. The highest BCUT2D eigenvalue weighted by atomic mass is 35.5. The molecule has 1 aliphatic rings. The van der Waals surface area contributed by atoms with Gasteiger partial charge in [0.2, 0.25) is 0 Å². The highest BCUT2D eigenvalue weighted by Crippen LogP contribution is 2.31. The van der Waals surface area contributed by atoms with E-state index < -0.39 is 6.10 Å². The van der Waals surface area contributed by atoms with Gasteiger partial charge in [0.05, 0.1) is 26.0 Å². The summed E-state index contributed by atoms with van der Waals surface area (Å²) >= 11 is 0. The van der Waals surface area contributed by atoms with Crippen LogP contribution in [0.5, 0.6) is 11.5 Å². The van der Waals surface area contributed by atoms with E-state index in [1.165, 1.54) is 18.4 Å². The van der Waals surface area contributed by atoms with Crippen LogP contribution in [-0.2, 0) is 11.2 Å². The third-order valence-corrected chi connectivity index (χ3v) is 6.89. The highest BCUT2D eigenvalue weighted by Gasteiger charge is 2.27. The molecule has 8 heteroatoms. The highest BCUT2D eigenvalue weighted by molar-refractivity contribution is 5.85. The van der Waals surface area contributed by atoms with Crippen LogP contribution >= 0.6 is 24.8 Å². The Morgan fingerprint density at radius 2 is 1.74 bits per heavy atom. The first-order valence-corrected chi connectivity index (χ1v) is 12.3. The molecule has 0 aliphatic carbocycles. The average Bonchev–Trinajstić information content (AvgIpc) is 2.79. The van der Waals surface area contributed by atoms with Gasteiger partial charge >= 0.3 is 0 Å². The number of likely N-dealkylation sites (tertiary alicyclic amines) is 1. The van der Waals surface area contributed by atoms with Crippen molar-refractivity contribution in [3.63, 3.8) is 0 Å². The number of aliphatic hydroxyl groups excluding tert-OH is 1. The zero-order chi connectivity index (χ0) is 23.5. The maximum Gasteiger partial charge on any atom is 0.161 e. The van der Waals surface area contributed by atoms with E-state index in [2.05, 4.69) is 37.8 Å². The number of piperidine rings is 1. The van der Waals surface area contributed by atoms with Gasteiger partial charge in [0.1, 0.15) is 0 Å². The Hall–Kier alpha value is -0.760. The van der Waals surface area contributed by atoms with Crippen LogP contribution in [0.2, 0.25) is 0 Å². The molecule has 1 aromatic rings. The molecule has 3 N–H and O–H groups in total. The van der Waals surface area contributed by atoms with Crippen LogP contribution in [0.4, 0.5) is 0 Å².